The molecule has 0 aliphatic carbocycles. The van der Waals surface area contributed by atoms with Crippen LogP contribution in [0.15, 0.2) is 24.0 Å². The number of carbonyl (C=O) groups is 1. The maximum Gasteiger partial charge on any atom is 0.153 e. The zero-order valence-electron chi connectivity index (χ0n) is 6.33. The summed E-state index contributed by atoms with van der Waals surface area (Å²) in [4.78, 5) is 10.2. The Bertz CT molecular complexity index is 145. The average molecular weight is 140 g/mol. The molecule has 0 bridgehead atoms. The number of ether oxygens (including phenoxy) is 1. The summed E-state index contributed by atoms with van der Waals surface area (Å²) in [5, 5.41) is 0. The molecule has 0 amide bonds. The second-order valence-electron chi connectivity index (χ2n) is 1.69. The van der Waals surface area contributed by atoms with E-state index in [4.69, 9.17) is 4.74 Å². The van der Waals surface area contributed by atoms with Crippen LogP contribution in [0, 0.1) is 0 Å². The molecule has 0 spiro atoms. The van der Waals surface area contributed by atoms with Crippen molar-refractivity contribution >= 4 is 6.29 Å². The molecule has 0 aromatic carbocycles. The third kappa shape index (κ3) is 3.89. The molecule has 0 aromatic rings. The van der Waals surface area contributed by atoms with Gasteiger partial charge in [-0.15, -0.1) is 0 Å². The first-order valence-corrected chi connectivity index (χ1v) is 3.24. The second kappa shape index (κ2) is 6.08. The highest BCUT2D eigenvalue weighted by Gasteiger charge is 1.85. The van der Waals surface area contributed by atoms with Gasteiger partial charge >= 0.3 is 0 Å². The summed E-state index contributed by atoms with van der Waals surface area (Å²) >= 11 is 0. The van der Waals surface area contributed by atoms with Crippen LogP contribution in [0.3, 0.4) is 0 Å². The Labute approximate surface area is 61.2 Å². The minimum atomic E-state index is 0.560. The Kier molecular flexibility index (Phi) is 5.44. The standard InChI is InChI=1S/C8H12O2/c1-3-5-8(6-9)7-10-4-2/h3,5-7H,4H2,1-2H3. The Morgan fingerprint density at radius 2 is 2.30 bits per heavy atom. The highest BCUT2D eigenvalue weighted by molar-refractivity contribution is 5.76. The summed E-state index contributed by atoms with van der Waals surface area (Å²) in [6, 6.07) is 0. The van der Waals surface area contributed by atoms with Gasteiger partial charge in [0.25, 0.3) is 0 Å². The van der Waals surface area contributed by atoms with Crippen LogP contribution in [0.2, 0.25) is 0 Å². The predicted octanol–water partition coefficient (Wildman–Crippen LogP) is 1.68. The van der Waals surface area contributed by atoms with Crippen LogP contribution in [0.25, 0.3) is 0 Å². The molecule has 0 atom stereocenters. The van der Waals surface area contributed by atoms with E-state index in [1.807, 2.05) is 13.8 Å². The van der Waals surface area contributed by atoms with Crippen LogP contribution in [-0.2, 0) is 9.53 Å². The molecule has 10 heavy (non-hydrogen) atoms. The molecule has 2 nitrogen and oxygen atoms in total. The van der Waals surface area contributed by atoms with E-state index in [0.717, 1.165) is 6.29 Å². The smallest absolute Gasteiger partial charge is 0.153 e. The van der Waals surface area contributed by atoms with Crippen LogP contribution < -0.4 is 0 Å². The van der Waals surface area contributed by atoms with Crippen molar-refractivity contribution in [1.82, 2.24) is 0 Å². The highest BCUT2D eigenvalue weighted by atomic mass is 16.5. The lowest BCUT2D eigenvalue weighted by Crippen LogP contribution is -1.83. The van der Waals surface area contributed by atoms with Gasteiger partial charge in [0.1, 0.15) is 0 Å². The van der Waals surface area contributed by atoms with E-state index < -0.39 is 0 Å². The number of rotatable bonds is 4. The van der Waals surface area contributed by atoms with Gasteiger partial charge in [-0.25, -0.2) is 0 Å². The molecule has 0 aliphatic heterocycles. The largest absolute Gasteiger partial charge is 0.501 e. The third-order valence-corrected chi connectivity index (χ3v) is 0.881. The molecule has 0 heterocycles. The molecule has 0 unspecified atom stereocenters. The first kappa shape index (κ1) is 8.95. The molecular weight excluding hydrogens is 128 g/mol. The number of hydrogen-bond acceptors (Lipinski definition) is 2. The normalized spacial score (nSPS) is 12.0. The first-order valence-electron chi connectivity index (χ1n) is 3.24. The monoisotopic (exact) mass is 140 g/mol. The Hall–Kier alpha value is -1.05. The van der Waals surface area contributed by atoms with E-state index in [1.165, 1.54) is 6.26 Å². The van der Waals surface area contributed by atoms with E-state index in [0.29, 0.717) is 12.2 Å². The van der Waals surface area contributed by atoms with Crippen molar-refractivity contribution < 1.29 is 9.53 Å². The topological polar surface area (TPSA) is 26.3 Å². The van der Waals surface area contributed by atoms with Gasteiger partial charge in [0.2, 0.25) is 0 Å². The van der Waals surface area contributed by atoms with Crippen molar-refractivity contribution in [2.24, 2.45) is 0 Å². The summed E-state index contributed by atoms with van der Waals surface area (Å²) in [6.07, 6.45) is 5.70. The van der Waals surface area contributed by atoms with Gasteiger partial charge in [0.05, 0.1) is 12.9 Å². The highest BCUT2D eigenvalue weighted by Crippen LogP contribution is 1.92. The fourth-order valence-electron chi connectivity index (χ4n) is 0.478. The Morgan fingerprint density at radius 3 is 2.70 bits per heavy atom. The predicted molar refractivity (Wildman–Crippen MR) is 40.6 cm³/mol. The minimum absolute atomic E-state index is 0.560. The second-order valence-corrected chi connectivity index (χ2v) is 1.69. The molecule has 0 aromatic heterocycles. The fraction of sp³-hybridized carbons (Fsp3) is 0.375. The third-order valence-electron chi connectivity index (χ3n) is 0.881. The van der Waals surface area contributed by atoms with Crippen LogP contribution in [0.5, 0.6) is 0 Å². The maximum absolute atomic E-state index is 10.2. The number of aldehydes is 1. The van der Waals surface area contributed by atoms with Crippen molar-refractivity contribution in [2.45, 2.75) is 13.8 Å². The van der Waals surface area contributed by atoms with Gasteiger partial charge in [-0.3, -0.25) is 4.79 Å². The Balaban J connectivity index is 3.90. The SMILES string of the molecule is CC=CC(C=O)=COCC. The first-order chi connectivity index (χ1) is 4.85. The summed E-state index contributed by atoms with van der Waals surface area (Å²) in [5.41, 5.74) is 0.560. The number of hydrogen-bond donors (Lipinski definition) is 0. The van der Waals surface area contributed by atoms with E-state index in [1.54, 1.807) is 12.2 Å². The lowest BCUT2D eigenvalue weighted by Gasteiger charge is -1.92. The summed E-state index contributed by atoms with van der Waals surface area (Å²) in [6.45, 7) is 4.31. The molecule has 0 saturated heterocycles. The minimum Gasteiger partial charge on any atom is -0.501 e. The lowest BCUT2D eigenvalue weighted by atomic mass is 10.3. The van der Waals surface area contributed by atoms with E-state index in [9.17, 15) is 4.79 Å². The number of carbonyl (C=O) groups excluding carboxylic acids is 1. The molecule has 0 rings (SSSR count). The number of allylic oxidation sites excluding steroid dienone is 3. The average Bonchev–Trinajstić information content (AvgIpc) is 1.98. The Morgan fingerprint density at radius 1 is 1.60 bits per heavy atom. The molecular formula is C8H12O2. The van der Waals surface area contributed by atoms with Gasteiger partial charge < -0.3 is 4.74 Å². The molecule has 0 fully saturated rings. The quantitative estimate of drug-likeness (QED) is 0.257. The van der Waals surface area contributed by atoms with Gasteiger partial charge in [-0.05, 0) is 13.8 Å². The van der Waals surface area contributed by atoms with Gasteiger partial charge in [0.15, 0.2) is 6.29 Å². The van der Waals surface area contributed by atoms with Crippen molar-refractivity contribution in [1.29, 1.82) is 0 Å². The van der Waals surface area contributed by atoms with Crippen LogP contribution >= 0.6 is 0 Å². The van der Waals surface area contributed by atoms with Gasteiger partial charge in [0, 0.05) is 5.57 Å². The fourth-order valence-corrected chi connectivity index (χ4v) is 0.478. The van der Waals surface area contributed by atoms with Crippen LogP contribution in [-0.4, -0.2) is 12.9 Å². The van der Waals surface area contributed by atoms with E-state index >= 15 is 0 Å². The summed E-state index contributed by atoms with van der Waals surface area (Å²) < 4.78 is 4.89. The molecule has 0 radical (unpaired) electrons. The molecule has 0 saturated carbocycles. The lowest BCUT2D eigenvalue weighted by molar-refractivity contribution is -0.104. The zero-order chi connectivity index (χ0) is 7.82. The van der Waals surface area contributed by atoms with Crippen molar-refractivity contribution in [3.05, 3.63) is 24.0 Å². The van der Waals surface area contributed by atoms with Gasteiger partial charge in [-0.2, -0.15) is 0 Å². The van der Waals surface area contributed by atoms with E-state index in [-0.39, 0.29) is 0 Å². The molecule has 2 heteroatoms. The molecule has 0 aliphatic rings. The molecule has 56 valence electrons. The maximum atomic E-state index is 10.2. The van der Waals surface area contributed by atoms with Crippen molar-refractivity contribution in [2.75, 3.05) is 6.61 Å². The van der Waals surface area contributed by atoms with E-state index in [2.05, 4.69) is 0 Å². The van der Waals surface area contributed by atoms with Crippen LogP contribution in [0.1, 0.15) is 13.8 Å². The molecule has 0 N–H and O–H groups in total. The van der Waals surface area contributed by atoms with Crippen LogP contribution in [0.4, 0.5) is 0 Å². The zero-order valence-corrected chi connectivity index (χ0v) is 6.33. The van der Waals surface area contributed by atoms with Crippen molar-refractivity contribution in [3.63, 3.8) is 0 Å². The van der Waals surface area contributed by atoms with Gasteiger partial charge in [-0.1, -0.05) is 12.2 Å². The van der Waals surface area contributed by atoms with Crippen molar-refractivity contribution in [3.8, 4) is 0 Å². The summed E-state index contributed by atoms with van der Waals surface area (Å²) in [7, 11) is 0. The summed E-state index contributed by atoms with van der Waals surface area (Å²) in [5.74, 6) is 0.